The number of hydrogen-bond acceptors (Lipinski definition) is 6. The van der Waals surface area contributed by atoms with Crippen LogP contribution >= 0.6 is 15.9 Å². The highest BCUT2D eigenvalue weighted by Gasteiger charge is 2.33. The number of benzene rings is 2. The van der Waals surface area contributed by atoms with Crippen molar-refractivity contribution in [3.05, 3.63) is 46.9 Å². The van der Waals surface area contributed by atoms with Crippen molar-refractivity contribution in [2.75, 3.05) is 5.32 Å². The molecule has 1 atom stereocenters. The number of fused-ring (bicyclic) bond motifs is 3. The number of carbonyl (C=O) groups excluding carboxylic acids is 1. The summed E-state index contributed by atoms with van der Waals surface area (Å²) in [4.78, 5) is 20.7. The molecule has 0 spiro atoms. The quantitative estimate of drug-likeness (QED) is 0.402. The van der Waals surface area contributed by atoms with Gasteiger partial charge in [0.1, 0.15) is 11.8 Å². The van der Waals surface area contributed by atoms with Gasteiger partial charge in [-0.2, -0.15) is 4.52 Å². The molecular weight excluding hydrogens is 493 g/mol. The summed E-state index contributed by atoms with van der Waals surface area (Å²) in [6.45, 7) is 1.77. The molecule has 2 aromatic carbocycles. The molecule has 0 fully saturated rings. The molecule has 0 aliphatic carbocycles. The van der Waals surface area contributed by atoms with E-state index in [1.807, 2.05) is 0 Å². The van der Waals surface area contributed by atoms with E-state index in [9.17, 15) is 18.0 Å². The molecule has 0 radical (unpaired) electrons. The van der Waals surface area contributed by atoms with Gasteiger partial charge in [0.2, 0.25) is 11.9 Å². The lowest BCUT2D eigenvalue weighted by Gasteiger charge is -2.15. The number of rotatable bonds is 6. The number of alkyl halides is 3. The van der Waals surface area contributed by atoms with Gasteiger partial charge in [-0.1, -0.05) is 35.0 Å². The van der Waals surface area contributed by atoms with Crippen molar-refractivity contribution in [2.24, 2.45) is 5.73 Å². The molecule has 32 heavy (non-hydrogen) atoms. The second-order valence-corrected chi connectivity index (χ2v) is 7.73. The molecule has 12 heteroatoms. The Morgan fingerprint density at radius 2 is 2.00 bits per heavy atom. The number of para-hydroxylation sites is 1. The molecule has 0 bridgehead atoms. The molecular formula is C20H16BrF3N6O2. The molecule has 2 heterocycles. The number of nitrogens with one attached hydrogen (secondary N) is 1. The van der Waals surface area contributed by atoms with Crippen molar-refractivity contribution in [2.45, 2.75) is 25.7 Å². The Morgan fingerprint density at radius 1 is 1.25 bits per heavy atom. The molecule has 3 N–H and O–H groups in total. The van der Waals surface area contributed by atoms with E-state index in [1.54, 1.807) is 37.3 Å². The van der Waals surface area contributed by atoms with Crippen molar-refractivity contribution < 1.29 is 22.7 Å². The topological polar surface area (TPSA) is 107 Å². The maximum Gasteiger partial charge on any atom is 0.573 e. The van der Waals surface area contributed by atoms with E-state index < -0.39 is 24.1 Å². The van der Waals surface area contributed by atoms with Gasteiger partial charge in [0.15, 0.2) is 11.5 Å². The molecule has 0 aliphatic heterocycles. The minimum atomic E-state index is -4.90. The molecule has 2 aromatic heterocycles. The SMILES string of the molecule is CC[C@H](Nc1nc2ccccc2c2nc(-c3ccc(Br)cc3OC(F)(F)F)nn12)C(N)=O. The maximum absolute atomic E-state index is 13.0. The van der Waals surface area contributed by atoms with Gasteiger partial charge in [0.25, 0.3) is 0 Å². The standard InChI is InChI=1S/C20H16BrF3N6O2/c1-2-13(16(25)31)26-19-27-14-6-4-3-5-11(14)18-28-17(29-30(18)19)12-8-7-10(21)9-15(12)32-20(22,23)24/h3-9,13H,2H2,1H3,(H2,25,31)(H,26,27)/t13-/m0/s1. The number of carbonyl (C=O) groups is 1. The average molecular weight is 509 g/mol. The van der Waals surface area contributed by atoms with Crippen LogP contribution in [-0.2, 0) is 4.79 Å². The van der Waals surface area contributed by atoms with Gasteiger partial charge >= 0.3 is 6.36 Å². The number of aromatic nitrogens is 4. The minimum Gasteiger partial charge on any atom is -0.405 e. The third kappa shape index (κ3) is 4.31. The van der Waals surface area contributed by atoms with E-state index in [-0.39, 0.29) is 17.3 Å². The fraction of sp³-hybridized carbons (Fsp3) is 0.200. The zero-order chi connectivity index (χ0) is 23.0. The zero-order valence-corrected chi connectivity index (χ0v) is 18.1. The van der Waals surface area contributed by atoms with E-state index in [4.69, 9.17) is 5.73 Å². The second kappa shape index (κ2) is 8.26. The number of halogens is 4. The highest BCUT2D eigenvalue weighted by atomic mass is 79.9. The van der Waals surface area contributed by atoms with Gasteiger partial charge in [-0.3, -0.25) is 4.79 Å². The van der Waals surface area contributed by atoms with Gasteiger partial charge in [-0.15, -0.1) is 18.3 Å². The maximum atomic E-state index is 13.0. The highest BCUT2D eigenvalue weighted by molar-refractivity contribution is 9.10. The molecule has 0 unspecified atom stereocenters. The Hall–Kier alpha value is -3.41. The van der Waals surface area contributed by atoms with E-state index in [2.05, 4.69) is 41.1 Å². The van der Waals surface area contributed by atoms with Gasteiger partial charge < -0.3 is 15.8 Å². The van der Waals surface area contributed by atoms with Crippen molar-refractivity contribution in [3.63, 3.8) is 0 Å². The number of hydrogen-bond donors (Lipinski definition) is 2. The van der Waals surface area contributed by atoms with Crippen LogP contribution in [0, 0.1) is 0 Å². The number of nitrogens with zero attached hydrogens (tertiary/aromatic N) is 4. The lowest BCUT2D eigenvalue weighted by atomic mass is 10.2. The molecule has 0 saturated carbocycles. The van der Waals surface area contributed by atoms with Crippen molar-refractivity contribution in [1.82, 2.24) is 19.6 Å². The Morgan fingerprint density at radius 3 is 2.69 bits per heavy atom. The van der Waals surface area contributed by atoms with Crippen LogP contribution in [0.5, 0.6) is 5.75 Å². The van der Waals surface area contributed by atoms with Crippen LogP contribution in [0.25, 0.3) is 27.9 Å². The van der Waals surface area contributed by atoms with E-state index in [0.717, 1.165) is 0 Å². The summed E-state index contributed by atoms with van der Waals surface area (Å²) >= 11 is 3.15. The average Bonchev–Trinajstić information content (AvgIpc) is 3.16. The van der Waals surface area contributed by atoms with Gasteiger partial charge in [0.05, 0.1) is 11.1 Å². The summed E-state index contributed by atoms with van der Waals surface area (Å²) in [6.07, 6.45) is -4.51. The predicted octanol–water partition coefficient (Wildman–Crippen LogP) is 4.28. The smallest absolute Gasteiger partial charge is 0.405 e. The molecule has 1 amide bonds. The van der Waals surface area contributed by atoms with Crippen molar-refractivity contribution >= 4 is 44.3 Å². The number of nitrogens with two attached hydrogens (primary N) is 1. The molecule has 4 aromatic rings. The summed E-state index contributed by atoms with van der Waals surface area (Å²) in [5.74, 6) is -0.869. The van der Waals surface area contributed by atoms with Crippen molar-refractivity contribution in [3.8, 4) is 17.1 Å². The fourth-order valence-corrected chi connectivity index (χ4v) is 3.52. The first-order chi connectivity index (χ1) is 15.2. The third-order valence-corrected chi connectivity index (χ3v) is 5.14. The van der Waals surface area contributed by atoms with Crippen LogP contribution in [0.3, 0.4) is 0 Å². The lowest BCUT2D eigenvalue weighted by Crippen LogP contribution is -2.35. The van der Waals surface area contributed by atoms with Crippen LogP contribution in [0.1, 0.15) is 13.3 Å². The number of ether oxygens (including phenoxy) is 1. The van der Waals surface area contributed by atoms with E-state index in [0.29, 0.717) is 27.4 Å². The number of anilines is 1. The summed E-state index contributed by atoms with van der Waals surface area (Å²) < 4.78 is 44.8. The van der Waals surface area contributed by atoms with Crippen LogP contribution in [0.15, 0.2) is 46.9 Å². The molecule has 8 nitrogen and oxygen atoms in total. The summed E-state index contributed by atoms with van der Waals surface area (Å²) in [5.41, 5.74) is 6.37. The van der Waals surface area contributed by atoms with Crippen molar-refractivity contribution in [1.29, 1.82) is 0 Å². The monoisotopic (exact) mass is 508 g/mol. The van der Waals surface area contributed by atoms with E-state index >= 15 is 0 Å². The Kier molecular flexibility index (Phi) is 5.63. The van der Waals surface area contributed by atoms with Gasteiger partial charge in [-0.05, 0) is 36.8 Å². The Balaban J connectivity index is 1.93. The Bertz CT molecular complexity index is 1320. The largest absolute Gasteiger partial charge is 0.573 e. The summed E-state index contributed by atoms with van der Waals surface area (Å²) in [7, 11) is 0. The lowest BCUT2D eigenvalue weighted by molar-refractivity contribution is -0.274. The summed E-state index contributed by atoms with van der Waals surface area (Å²) in [5, 5.41) is 7.94. The normalized spacial score (nSPS) is 12.8. The van der Waals surface area contributed by atoms with Gasteiger partial charge in [-0.25, -0.2) is 9.97 Å². The van der Waals surface area contributed by atoms with Crippen LogP contribution in [0.4, 0.5) is 19.1 Å². The predicted molar refractivity (Wildman–Crippen MR) is 115 cm³/mol. The first-order valence-corrected chi connectivity index (χ1v) is 10.2. The zero-order valence-electron chi connectivity index (χ0n) is 16.5. The summed E-state index contributed by atoms with van der Waals surface area (Å²) in [6, 6.07) is 10.5. The fourth-order valence-electron chi connectivity index (χ4n) is 3.18. The molecule has 0 aliphatic rings. The first kappa shape index (κ1) is 21.8. The van der Waals surface area contributed by atoms with Gasteiger partial charge in [0, 0.05) is 9.86 Å². The number of amides is 1. The third-order valence-electron chi connectivity index (χ3n) is 4.64. The minimum absolute atomic E-state index is 0.00919. The molecule has 166 valence electrons. The Labute approximate surface area is 187 Å². The number of primary amides is 1. The van der Waals surface area contributed by atoms with Crippen LogP contribution in [-0.4, -0.2) is 37.9 Å². The molecule has 4 rings (SSSR count). The van der Waals surface area contributed by atoms with Crippen LogP contribution in [0.2, 0.25) is 0 Å². The van der Waals surface area contributed by atoms with E-state index in [1.165, 1.54) is 16.6 Å². The molecule has 0 saturated heterocycles. The highest BCUT2D eigenvalue weighted by Crippen LogP contribution is 2.35. The van der Waals surface area contributed by atoms with Crippen LogP contribution < -0.4 is 15.8 Å². The first-order valence-electron chi connectivity index (χ1n) is 9.43. The second-order valence-electron chi connectivity index (χ2n) is 6.82.